The summed E-state index contributed by atoms with van der Waals surface area (Å²) in [5.41, 5.74) is 4.93. The minimum absolute atomic E-state index is 0.0732. The summed E-state index contributed by atoms with van der Waals surface area (Å²) in [7, 11) is 0. The number of para-hydroxylation sites is 1. The first-order chi connectivity index (χ1) is 7.16. The Morgan fingerprint density at radius 2 is 2.27 bits per heavy atom. The smallest absolute Gasteiger partial charge is 0.295 e. The topological polar surface area (TPSA) is 81.2 Å². The van der Waals surface area contributed by atoms with Gasteiger partial charge in [0.05, 0.1) is 4.92 Å². The van der Waals surface area contributed by atoms with Crippen LogP contribution in [-0.2, 0) is 0 Å². The number of anilines is 1. The van der Waals surface area contributed by atoms with Crippen molar-refractivity contribution in [1.29, 1.82) is 0 Å². The maximum Gasteiger partial charge on any atom is 0.295 e. The Balaban J connectivity index is 2.87. The van der Waals surface area contributed by atoms with Crippen LogP contribution < -0.4 is 11.1 Å². The second kappa shape index (κ2) is 5.26. The number of nitrogens with zero attached hydrogens (tertiary/aromatic N) is 1. The first kappa shape index (κ1) is 11.4. The van der Waals surface area contributed by atoms with Crippen molar-refractivity contribution in [1.82, 2.24) is 0 Å². The van der Waals surface area contributed by atoms with Crippen LogP contribution in [0, 0.1) is 15.9 Å². The van der Waals surface area contributed by atoms with Gasteiger partial charge in [-0.05, 0) is 19.0 Å². The maximum absolute atomic E-state index is 13.2. The van der Waals surface area contributed by atoms with Crippen LogP contribution in [0.5, 0.6) is 0 Å². The Bertz CT molecular complexity index is 357. The van der Waals surface area contributed by atoms with Crippen molar-refractivity contribution < 1.29 is 9.31 Å². The molecule has 0 aliphatic heterocycles. The van der Waals surface area contributed by atoms with Gasteiger partial charge in [-0.15, -0.1) is 0 Å². The van der Waals surface area contributed by atoms with Gasteiger partial charge < -0.3 is 11.1 Å². The van der Waals surface area contributed by atoms with Crippen LogP contribution in [-0.4, -0.2) is 18.0 Å². The molecule has 15 heavy (non-hydrogen) atoms. The molecule has 0 spiro atoms. The van der Waals surface area contributed by atoms with E-state index in [1.54, 1.807) is 0 Å². The molecule has 1 rings (SSSR count). The number of nitrogens with two attached hydrogens (primary N) is 1. The highest BCUT2D eigenvalue weighted by atomic mass is 19.1. The molecule has 0 fully saturated rings. The highest BCUT2D eigenvalue weighted by Crippen LogP contribution is 2.26. The summed E-state index contributed by atoms with van der Waals surface area (Å²) < 4.78 is 13.2. The molecule has 0 heterocycles. The van der Waals surface area contributed by atoms with Crippen LogP contribution in [0.25, 0.3) is 0 Å². The average Bonchev–Trinajstić information content (AvgIpc) is 2.20. The number of nitrogens with one attached hydrogen (secondary N) is 1. The Kier molecular flexibility index (Phi) is 3.99. The van der Waals surface area contributed by atoms with Crippen LogP contribution in [0.2, 0.25) is 0 Å². The van der Waals surface area contributed by atoms with E-state index in [1.807, 2.05) is 0 Å². The summed E-state index contributed by atoms with van der Waals surface area (Å²) in [5, 5.41) is 13.2. The fraction of sp³-hybridized carbons (Fsp3) is 0.333. The summed E-state index contributed by atoms with van der Waals surface area (Å²) in [4.78, 5) is 9.96. The number of hydrogen-bond acceptors (Lipinski definition) is 4. The molecule has 6 heteroatoms. The monoisotopic (exact) mass is 213 g/mol. The van der Waals surface area contributed by atoms with E-state index in [9.17, 15) is 14.5 Å². The van der Waals surface area contributed by atoms with Gasteiger partial charge in [0.2, 0.25) is 0 Å². The van der Waals surface area contributed by atoms with Crippen molar-refractivity contribution in [2.75, 3.05) is 18.4 Å². The summed E-state index contributed by atoms with van der Waals surface area (Å²) >= 11 is 0. The standard InChI is InChI=1S/C9H12FN3O2/c10-7-3-1-4-8(13(14)15)9(7)12-6-2-5-11/h1,3-4,12H,2,5-6,11H2. The summed E-state index contributed by atoms with van der Waals surface area (Å²) in [5.74, 6) is -0.624. The molecule has 0 amide bonds. The third-order valence-corrected chi connectivity index (χ3v) is 1.87. The zero-order valence-corrected chi connectivity index (χ0v) is 8.07. The van der Waals surface area contributed by atoms with E-state index in [1.165, 1.54) is 18.2 Å². The van der Waals surface area contributed by atoms with Gasteiger partial charge >= 0.3 is 0 Å². The predicted molar refractivity (Wildman–Crippen MR) is 55.2 cm³/mol. The number of hydrogen-bond donors (Lipinski definition) is 2. The second-order valence-electron chi connectivity index (χ2n) is 2.96. The molecule has 1 aromatic carbocycles. The SMILES string of the molecule is NCCCNc1c(F)cccc1[N+](=O)[O-]. The number of nitro benzene ring substituents is 1. The molecule has 0 unspecified atom stereocenters. The van der Waals surface area contributed by atoms with E-state index in [-0.39, 0.29) is 11.4 Å². The van der Waals surface area contributed by atoms with Gasteiger partial charge in [0.1, 0.15) is 5.69 Å². The van der Waals surface area contributed by atoms with Crippen molar-refractivity contribution >= 4 is 11.4 Å². The number of nitro groups is 1. The molecule has 0 bridgehead atoms. The minimum atomic E-state index is -0.624. The molecular formula is C9H12FN3O2. The summed E-state index contributed by atoms with van der Waals surface area (Å²) in [6.45, 7) is 0.869. The van der Waals surface area contributed by atoms with Crippen molar-refractivity contribution in [2.24, 2.45) is 5.73 Å². The lowest BCUT2D eigenvalue weighted by Crippen LogP contribution is -2.10. The van der Waals surface area contributed by atoms with Gasteiger partial charge in [0, 0.05) is 12.6 Å². The number of halogens is 1. The maximum atomic E-state index is 13.2. The molecule has 0 aromatic heterocycles. The molecule has 1 aromatic rings. The third-order valence-electron chi connectivity index (χ3n) is 1.87. The van der Waals surface area contributed by atoms with Crippen molar-refractivity contribution in [3.05, 3.63) is 34.1 Å². The molecule has 5 nitrogen and oxygen atoms in total. The normalized spacial score (nSPS) is 10.0. The third kappa shape index (κ3) is 2.88. The van der Waals surface area contributed by atoms with E-state index in [0.29, 0.717) is 19.5 Å². The molecule has 3 N–H and O–H groups in total. The molecule has 0 radical (unpaired) electrons. The van der Waals surface area contributed by atoms with E-state index in [0.717, 1.165) is 0 Å². The van der Waals surface area contributed by atoms with Gasteiger partial charge in [0.15, 0.2) is 5.82 Å². The molecule has 0 aliphatic rings. The van der Waals surface area contributed by atoms with Crippen molar-refractivity contribution in [3.8, 4) is 0 Å². The number of benzene rings is 1. The fourth-order valence-corrected chi connectivity index (χ4v) is 1.16. The summed E-state index contributed by atoms with van der Waals surface area (Å²) in [6.07, 6.45) is 0.630. The Hall–Kier alpha value is -1.69. The zero-order chi connectivity index (χ0) is 11.3. The molecule has 0 atom stereocenters. The van der Waals surface area contributed by atoms with Crippen LogP contribution in [0.15, 0.2) is 18.2 Å². The first-order valence-electron chi connectivity index (χ1n) is 4.53. The quantitative estimate of drug-likeness (QED) is 0.441. The Labute approximate surface area is 86.2 Å². The lowest BCUT2D eigenvalue weighted by molar-refractivity contribution is -0.384. The Morgan fingerprint density at radius 3 is 2.87 bits per heavy atom. The first-order valence-corrected chi connectivity index (χ1v) is 4.53. The van der Waals surface area contributed by atoms with Crippen LogP contribution in [0.1, 0.15) is 6.42 Å². The van der Waals surface area contributed by atoms with Crippen molar-refractivity contribution in [3.63, 3.8) is 0 Å². The molecular weight excluding hydrogens is 201 g/mol. The van der Waals surface area contributed by atoms with Gasteiger partial charge in [0.25, 0.3) is 5.69 Å². The molecule has 82 valence electrons. The van der Waals surface area contributed by atoms with Gasteiger partial charge in [-0.3, -0.25) is 10.1 Å². The van der Waals surface area contributed by atoms with E-state index < -0.39 is 10.7 Å². The Morgan fingerprint density at radius 1 is 1.53 bits per heavy atom. The van der Waals surface area contributed by atoms with Crippen LogP contribution in [0.3, 0.4) is 0 Å². The largest absolute Gasteiger partial charge is 0.377 e. The highest BCUT2D eigenvalue weighted by molar-refractivity contribution is 5.62. The second-order valence-corrected chi connectivity index (χ2v) is 2.96. The van der Waals surface area contributed by atoms with E-state index in [4.69, 9.17) is 5.73 Å². The zero-order valence-electron chi connectivity index (χ0n) is 8.07. The molecule has 0 saturated carbocycles. The van der Waals surface area contributed by atoms with Gasteiger partial charge in [-0.25, -0.2) is 4.39 Å². The number of rotatable bonds is 5. The van der Waals surface area contributed by atoms with Gasteiger partial charge in [-0.1, -0.05) is 6.07 Å². The van der Waals surface area contributed by atoms with Crippen LogP contribution in [0.4, 0.5) is 15.8 Å². The van der Waals surface area contributed by atoms with Crippen LogP contribution >= 0.6 is 0 Å². The highest BCUT2D eigenvalue weighted by Gasteiger charge is 2.16. The lowest BCUT2D eigenvalue weighted by Gasteiger charge is -2.06. The van der Waals surface area contributed by atoms with E-state index in [2.05, 4.69) is 5.32 Å². The minimum Gasteiger partial charge on any atom is -0.377 e. The summed E-state index contributed by atoms with van der Waals surface area (Å²) in [6, 6.07) is 3.74. The van der Waals surface area contributed by atoms with Crippen molar-refractivity contribution in [2.45, 2.75) is 6.42 Å². The lowest BCUT2D eigenvalue weighted by atomic mass is 10.2. The molecule has 0 saturated heterocycles. The molecule has 0 aliphatic carbocycles. The predicted octanol–water partition coefficient (Wildman–Crippen LogP) is 1.49. The van der Waals surface area contributed by atoms with E-state index >= 15 is 0 Å². The fourth-order valence-electron chi connectivity index (χ4n) is 1.16. The van der Waals surface area contributed by atoms with Gasteiger partial charge in [-0.2, -0.15) is 0 Å². The average molecular weight is 213 g/mol.